The molecule has 4 heteroatoms. The minimum atomic E-state index is -0.555. The first-order valence-electron chi connectivity index (χ1n) is 5.74. The molecule has 1 aromatic rings. The summed E-state index contributed by atoms with van der Waals surface area (Å²) in [5.74, 6) is -0.640. The molecular weight excluding hydrogens is 223 g/mol. The van der Waals surface area contributed by atoms with E-state index in [0.29, 0.717) is 5.75 Å². The molecule has 0 radical (unpaired) electrons. The van der Waals surface area contributed by atoms with Crippen LogP contribution in [0, 0.1) is 5.82 Å². The van der Waals surface area contributed by atoms with Gasteiger partial charge in [-0.15, -0.1) is 0 Å². The van der Waals surface area contributed by atoms with Crippen molar-refractivity contribution in [2.24, 2.45) is 0 Å². The van der Waals surface area contributed by atoms with Gasteiger partial charge in [0.05, 0.1) is 18.8 Å². The fraction of sp³-hybridized carbons (Fsp3) is 0.462. The molecule has 0 spiro atoms. The van der Waals surface area contributed by atoms with Gasteiger partial charge >= 0.3 is 5.97 Å². The lowest BCUT2D eigenvalue weighted by atomic mass is 10.2. The first-order valence-corrected chi connectivity index (χ1v) is 5.74. The Hall–Kier alpha value is -1.58. The van der Waals surface area contributed by atoms with Crippen LogP contribution < -0.4 is 4.74 Å². The summed E-state index contributed by atoms with van der Waals surface area (Å²) in [6.07, 6.45) is 4.41. The summed E-state index contributed by atoms with van der Waals surface area (Å²) < 4.78 is 23.5. The van der Waals surface area contributed by atoms with E-state index in [1.165, 1.54) is 19.2 Å². The molecule has 1 aromatic carbocycles. The molecule has 0 N–H and O–H groups in total. The molecule has 0 bridgehead atoms. The lowest BCUT2D eigenvalue weighted by Crippen LogP contribution is -2.12. The highest BCUT2D eigenvalue weighted by Crippen LogP contribution is 2.25. The predicted molar refractivity (Wildman–Crippen MR) is 60.6 cm³/mol. The summed E-state index contributed by atoms with van der Waals surface area (Å²) in [5, 5.41) is 0. The molecular formula is C13H15FO3. The number of methoxy groups -OCH3 is 1. The third-order valence-electron chi connectivity index (χ3n) is 2.90. The van der Waals surface area contributed by atoms with Gasteiger partial charge < -0.3 is 9.47 Å². The molecule has 0 saturated heterocycles. The molecule has 1 aliphatic rings. The lowest BCUT2D eigenvalue weighted by Gasteiger charge is -2.13. The van der Waals surface area contributed by atoms with Crippen LogP contribution in [0.4, 0.5) is 4.39 Å². The van der Waals surface area contributed by atoms with Crippen molar-refractivity contribution in [2.45, 2.75) is 31.8 Å². The van der Waals surface area contributed by atoms with E-state index < -0.39 is 11.8 Å². The van der Waals surface area contributed by atoms with Gasteiger partial charge in [-0.2, -0.15) is 0 Å². The molecule has 0 aromatic heterocycles. The molecule has 0 amide bonds. The van der Waals surface area contributed by atoms with Crippen molar-refractivity contribution in [2.75, 3.05) is 7.11 Å². The average molecular weight is 238 g/mol. The highest BCUT2D eigenvalue weighted by atomic mass is 19.1. The van der Waals surface area contributed by atoms with Gasteiger partial charge in [-0.25, -0.2) is 9.18 Å². The summed E-state index contributed by atoms with van der Waals surface area (Å²) in [6, 6.07) is 3.96. The van der Waals surface area contributed by atoms with E-state index in [1.807, 2.05) is 0 Å². The summed E-state index contributed by atoms with van der Waals surface area (Å²) in [7, 11) is 1.27. The topological polar surface area (TPSA) is 35.5 Å². The smallest absolute Gasteiger partial charge is 0.338 e. The Labute approximate surface area is 99.5 Å². The molecule has 1 fully saturated rings. The van der Waals surface area contributed by atoms with Gasteiger partial charge in [-0.3, -0.25) is 0 Å². The monoisotopic (exact) mass is 238 g/mol. The van der Waals surface area contributed by atoms with E-state index in [1.54, 1.807) is 0 Å². The second kappa shape index (κ2) is 5.17. The van der Waals surface area contributed by atoms with Crippen molar-refractivity contribution >= 4 is 5.97 Å². The van der Waals surface area contributed by atoms with Crippen LogP contribution in [-0.4, -0.2) is 19.2 Å². The predicted octanol–water partition coefficient (Wildman–Crippen LogP) is 2.93. The van der Waals surface area contributed by atoms with E-state index in [2.05, 4.69) is 4.74 Å². The number of hydrogen-bond acceptors (Lipinski definition) is 3. The van der Waals surface area contributed by atoms with Gasteiger partial charge in [0.2, 0.25) is 0 Å². The Morgan fingerprint density at radius 1 is 1.29 bits per heavy atom. The second-order valence-electron chi connectivity index (χ2n) is 4.19. The number of benzene rings is 1. The maximum absolute atomic E-state index is 13.3. The van der Waals surface area contributed by atoms with Crippen LogP contribution in [0.5, 0.6) is 5.75 Å². The van der Waals surface area contributed by atoms with Crippen LogP contribution in [0.15, 0.2) is 18.2 Å². The normalized spacial score (nSPS) is 15.9. The zero-order valence-corrected chi connectivity index (χ0v) is 9.74. The molecule has 0 aliphatic heterocycles. The molecule has 1 aliphatic carbocycles. The summed E-state index contributed by atoms with van der Waals surface area (Å²) in [4.78, 5) is 11.3. The van der Waals surface area contributed by atoms with E-state index in [9.17, 15) is 9.18 Å². The molecule has 92 valence electrons. The zero-order valence-electron chi connectivity index (χ0n) is 9.74. The van der Waals surface area contributed by atoms with Crippen molar-refractivity contribution in [1.82, 2.24) is 0 Å². The van der Waals surface area contributed by atoms with Gasteiger partial charge in [-0.05, 0) is 37.8 Å². The van der Waals surface area contributed by atoms with E-state index >= 15 is 0 Å². The second-order valence-corrected chi connectivity index (χ2v) is 4.19. The third-order valence-corrected chi connectivity index (χ3v) is 2.90. The number of halogens is 1. The van der Waals surface area contributed by atoms with Gasteiger partial charge in [0.15, 0.2) is 0 Å². The fourth-order valence-corrected chi connectivity index (χ4v) is 2.07. The van der Waals surface area contributed by atoms with Gasteiger partial charge in [0, 0.05) is 6.07 Å². The summed E-state index contributed by atoms with van der Waals surface area (Å²) in [6.45, 7) is 0. The Kier molecular flexibility index (Phi) is 3.61. The van der Waals surface area contributed by atoms with Gasteiger partial charge in [0.25, 0.3) is 0 Å². The van der Waals surface area contributed by atoms with Crippen LogP contribution in [0.3, 0.4) is 0 Å². The van der Waals surface area contributed by atoms with Crippen molar-refractivity contribution in [3.05, 3.63) is 29.6 Å². The standard InChI is InChI=1S/C13H15FO3/c1-16-13(15)9-6-10(14)8-12(7-9)17-11-4-2-3-5-11/h6-8,11H,2-5H2,1H3. The lowest BCUT2D eigenvalue weighted by molar-refractivity contribution is 0.0599. The molecule has 1 saturated carbocycles. The van der Waals surface area contributed by atoms with E-state index in [0.717, 1.165) is 31.7 Å². The number of rotatable bonds is 3. The van der Waals surface area contributed by atoms with Crippen LogP contribution in [0.25, 0.3) is 0 Å². The number of carbonyl (C=O) groups is 1. The molecule has 0 heterocycles. The van der Waals surface area contributed by atoms with Crippen molar-refractivity contribution < 1.29 is 18.7 Å². The average Bonchev–Trinajstić information content (AvgIpc) is 2.80. The quantitative estimate of drug-likeness (QED) is 0.759. The molecule has 0 atom stereocenters. The molecule has 17 heavy (non-hydrogen) atoms. The largest absolute Gasteiger partial charge is 0.490 e. The molecule has 0 unspecified atom stereocenters. The number of hydrogen-bond donors (Lipinski definition) is 0. The van der Waals surface area contributed by atoms with Crippen molar-refractivity contribution in [3.63, 3.8) is 0 Å². The highest BCUT2D eigenvalue weighted by molar-refractivity contribution is 5.89. The molecule has 3 nitrogen and oxygen atoms in total. The zero-order chi connectivity index (χ0) is 12.3. The van der Waals surface area contributed by atoms with Crippen molar-refractivity contribution in [1.29, 1.82) is 0 Å². The summed E-state index contributed by atoms with van der Waals surface area (Å²) >= 11 is 0. The number of ether oxygens (including phenoxy) is 2. The maximum atomic E-state index is 13.3. The van der Waals surface area contributed by atoms with Crippen LogP contribution in [-0.2, 0) is 4.74 Å². The highest BCUT2D eigenvalue weighted by Gasteiger charge is 2.18. The van der Waals surface area contributed by atoms with Crippen LogP contribution in [0.1, 0.15) is 36.0 Å². The minimum Gasteiger partial charge on any atom is -0.490 e. The fourth-order valence-electron chi connectivity index (χ4n) is 2.07. The third kappa shape index (κ3) is 2.96. The first-order chi connectivity index (χ1) is 8.19. The van der Waals surface area contributed by atoms with Gasteiger partial charge in [0.1, 0.15) is 11.6 Å². The van der Waals surface area contributed by atoms with E-state index in [-0.39, 0.29) is 11.7 Å². The SMILES string of the molecule is COC(=O)c1cc(F)cc(OC2CCCC2)c1. The molecule has 2 rings (SSSR count). The van der Waals surface area contributed by atoms with Gasteiger partial charge in [-0.1, -0.05) is 0 Å². The Bertz CT molecular complexity index is 411. The van der Waals surface area contributed by atoms with E-state index in [4.69, 9.17) is 4.74 Å². The number of carbonyl (C=O) groups excluding carboxylic acids is 1. The Morgan fingerprint density at radius 3 is 2.65 bits per heavy atom. The first kappa shape index (κ1) is 11.9. The maximum Gasteiger partial charge on any atom is 0.338 e. The van der Waals surface area contributed by atoms with Crippen molar-refractivity contribution in [3.8, 4) is 5.75 Å². The summed E-state index contributed by atoms with van der Waals surface area (Å²) in [5.41, 5.74) is 0.181. The Morgan fingerprint density at radius 2 is 2.00 bits per heavy atom. The minimum absolute atomic E-state index is 0.141. The number of esters is 1. The van der Waals surface area contributed by atoms with Crippen LogP contribution >= 0.6 is 0 Å². The Balaban J connectivity index is 2.15. The van der Waals surface area contributed by atoms with Crippen LogP contribution in [0.2, 0.25) is 0 Å².